The van der Waals surface area contributed by atoms with E-state index < -0.39 is 0 Å². The number of hydrogen-bond acceptors (Lipinski definition) is 4. The molecule has 30 heavy (non-hydrogen) atoms. The molecule has 0 bridgehead atoms. The number of hydrogen-bond donors (Lipinski definition) is 2. The number of aryl methyl sites for hydroxylation is 1. The highest BCUT2D eigenvalue weighted by Crippen LogP contribution is 2.35. The van der Waals surface area contributed by atoms with Crippen molar-refractivity contribution in [2.24, 2.45) is 0 Å². The third-order valence-corrected chi connectivity index (χ3v) is 5.57. The van der Waals surface area contributed by atoms with Gasteiger partial charge in [0.1, 0.15) is 12.4 Å². The van der Waals surface area contributed by atoms with E-state index >= 15 is 0 Å². The summed E-state index contributed by atoms with van der Waals surface area (Å²) in [5.74, 6) is 0.793. The Morgan fingerprint density at radius 3 is 2.87 bits per heavy atom. The Bertz CT molecular complexity index is 1050. The monoisotopic (exact) mass is 401 g/mol. The number of carbonyl (C=O) groups excluding carboxylic acids is 1. The van der Waals surface area contributed by atoms with E-state index in [4.69, 9.17) is 4.74 Å². The van der Waals surface area contributed by atoms with Gasteiger partial charge >= 0.3 is 0 Å². The molecule has 0 spiro atoms. The minimum absolute atomic E-state index is 0.0991. The number of nitrogens with zero attached hydrogens (tertiary/aromatic N) is 1. The van der Waals surface area contributed by atoms with Gasteiger partial charge in [0, 0.05) is 36.8 Å². The van der Waals surface area contributed by atoms with Crippen molar-refractivity contribution in [3.63, 3.8) is 0 Å². The largest absolute Gasteiger partial charge is 0.487 e. The highest BCUT2D eigenvalue weighted by Gasteiger charge is 2.24. The van der Waals surface area contributed by atoms with Crippen molar-refractivity contribution in [1.29, 1.82) is 0 Å². The normalized spacial score (nSPS) is 15.7. The maximum absolute atomic E-state index is 12.3. The van der Waals surface area contributed by atoms with Crippen molar-refractivity contribution >= 4 is 5.91 Å². The van der Waals surface area contributed by atoms with Crippen LogP contribution < -0.4 is 15.4 Å². The molecule has 1 aromatic heterocycles. The fourth-order valence-electron chi connectivity index (χ4n) is 4.03. The summed E-state index contributed by atoms with van der Waals surface area (Å²) in [6.07, 6.45) is 2.79. The van der Waals surface area contributed by atoms with E-state index in [2.05, 4.69) is 39.9 Å². The smallest absolute Gasteiger partial charge is 0.251 e. The number of pyridine rings is 1. The zero-order valence-corrected chi connectivity index (χ0v) is 17.4. The van der Waals surface area contributed by atoms with Gasteiger partial charge in [0.05, 0.1) is 5.69 Å². The molecule has 4 rings (SSSR count). The van der Waals surface area contributed by atoms with E-state index in [1.54, 1.807) is 13.2 Å². The Balaban J connectivity index is 1.73. The number of fused-ring (bicyclic) bond motifs is 1. The van der Waals surface area contributed by atoms with E-state index in [1.807, 2.05) is 37.3 Å². The highest BCUT2D eigenvalue weighted by molar-refractivity contribution is 5.94. The van der Waals surface area contributed by atoms with E-state index in [0.29, 0.717) is 12.2 Å². The summed E-state index contributed by atoms with van der Waals surface area (Å²) in [7, 11) is 1.65. The van der Waals surface area contributed by atoms with Gasteiger partial charge in [0.25, 0.3) is 5.91 Å². The molecule has 5 nitrogen and oxygen atoms in total. The molecule has 0 fully saturated rings. The lowest BCUT2D eigenvalue weighted by atomic mass is 9.87. The average molecular weight is 402 g/mol. The van der Waals surface area contributed by atoms with Crippen molar-refractivity contribution in [2.75, 3.05) is 20.1 Å². The van der Waals surface area contributed by atoms with Crippen molar-refractivity contribution in [2.45, 2.75) is 25.9 Å². The number of rotatable bonds is 5. The highest BCUT2D eigenvalue weighted by atomic mass is 16.5. The first-order valence-corrected chi connectivity index (χ1v) is 10.3. The van der Waals surface area contributed by atoms with Crippen LogP contribution in [0, 0.1) is 6.92 Å². The molecule has 1 aliphatic heterocycles. The van der Waals surface area contributed by atoms with Crippen LogP contribution in [0.4, 0.5) is 0 Å². The second-order valence-corrected chi connectivity index (χ2v) is 7.65. The molecule has 1 unspecified atom stereocenters. The topological polar surface area (TPSA) is 63.2 Å². The second-order valence-electron chi connectivity index (χ2n) is 7.65. The van der Waals surface area contributed by atoms with Crippen LogP contribution in [0.1, 0.15) is 44.2 Å². The van der Waals surface area contributed by atoms with Crippen molar-refractivity contribution < 1.29 is 9.53 Å². The van der Waals surface area contributed by atoms with Gasteiger partial charge in [0.2, 0.25) is 0 Å². The van der Waals surface area contributed by atoms with E-state index in [-0.39, 0.29) is 11.8 Å². The third kappa shape index (κ3) is 4.36. The van der Waals surface area contributed by atoms with Gasteiger partial charge in [-0.3, -0.25) is 9.78 Å². The number of carbonyl (C=O) groups is 1. The Morgan fingerprint density at radius 2 is 2.03 bits per heavy atom. The van der Waals surface area contributed by atoms with Crippen molar-refractivity contribution in [3.05, 3.63) is 94.3 Å². The lowest BCUT2D eigenvalue weighted by molar-refractivity contribution is 0.0963. The molecule has 1 aliphatic rings. The number of ether oxygens (including phenoxy) is 1. The van der Waals surface area contributed by atoms with Gasteiger partial charge in [-0.05, 0) is 66.9 Å². The third-order valence-electron chi connectivity index (χ3n) is 5.57. The minimum atomic E-state index is -0.0991. The molecule has 2 N–H and O–H groups in total. The molecule has 5 heteroatoms. The molecule has 0 radical (unpaired) electrons. The van der Waals surface area contributed by atoms with Crippen LogP contribution in [0.5, 0.6) is 5.75 Å². The predicted molar refractivity (Wildman–Crippen MR) is 118 cm³/mol. The summed E-state index contributed by atoms with van der Waals surface area (Å²) in [5.41, 5.74) is 6.32. The van der Waals surface area contributed by atoms with E-state index in [0.717, 1.165) is 42.1 Å². The summed E-state index contributed by atoms with van der Waals surface area (Å²) in [5, 5.41) is 6.27. The molecular formula is C25H27N3O2. The summed E-state index contributed by atoms with van der Waals surface area (Å²) >= 11 is 0. The quantitative estimate of drug-likeness (QED) is 0.686. The maximum Gasteiger partial charge on any atom is 0.251 e. The summed E-state index contributed by atoms with van der Waals surface area (Å²) < 4.78 is 6.23. The van der Waals surface area contributed by atoms with Crippen LogP contribution in [0.3, 0.4) is 0 Å². The zero-order valence-electron chi connectivity index (χ0n) is 17.4. The van der Waals surface area contributed by atoms with Gasteiger partial charge in [-0.2, -0.15) is 0 Å². The SMILES string of the molecule is CNC(=O)c1ccc(OCc2cc(C)ccn2)c(C2CNCCc3ccccc32)c1. The lowest BCUT2D eigenvalue weighted by Crippen LogP contribution is -2.22. The number of nitrogens with one attached hydrogen (secondary N) is 2. The molecule has 0 aliphatic carbocycles. The summed E-state index contributed by atoms with van der Waals surface area (Å²) in [4.78, 5) is 16.7. The lowest BCUT2D eigenvalue weighted by Gasteiger charge is -2.22. The molecule has 0 saturated carbocycles. The van der Waals surface area contributed by atoms with Crippen LogP contribution in [0.15, 0.2) is 60.8 Å². The Hall–Kier alpha value is -3.18. The molecule has 154 valence electrons. The molecule has 1 atom stereocenters. The first kappa shape index (κ1) is 20.1. The maximum atomic E-state index is 12.3. The van der Waals surface area contributed by atoms with Crippen LogP contribution in [0.2, 0.25) is 0 Å². The number of benzene rings is 2. The number of amides is 1. The first-order valence-electron chi connectivity index (χ1n) is 10.3. The molecular weight excluding hydrogens is 374 g/mol. The molecule has 2 aromatic carbocycles. The van der Waals surface area contributed by atoms with E-state index in [9.17, 15) is 4.79 Å². The predicted octanol–water partition coefficient (Wildman–Crippen LogP) is 3.61. The fourth-order valence-corrected chi connectivity index (χ4v) is 4.03. The van der Waals surface area contributed by atoms with Crippen LogP contribution >= 0.6 is 0 Å². The van der Waals surface area contributed by atoms with Crippen LogP contribution in [-0.2, 0) is 13.0 Å². The molecule has 3 aromatic rings. The van der Waals surface area contributed by atoms with Crippen molar-refractivity contribution in [3.8, 4) is 5.75 Å². The molecule has 0 saturated heterocycles. The first-order chi connectivity index (χ1) is 14.7. The minimum Gasteiger partial charge on any atom is -0.487 e. The van der Waals surface area contributed by atoms with Crippen LogP contribution in [-0.4, -0.2) is 31.0 Å². The second kappa shape index (κ2) is 9.09. The van der Waals surface area contributed by atoms with E-state index in [1.165, 1.54) is 11.1 Å². The summed E-state index contributed by atoms with van der Waals surface area (Å²) in [6.45, 7) is 4.16. The van der Waals surface area contributed by atoms with Gasteiger partial charge in [0.15, 0.2) is 0 Å². The Morgan fingerprint density at radius 1 is 1.17 bits per heavy atom. The Labute approximate surface area is 177 Å². The molecule has 1 amide bonds. The number of aromatic nitrogens is 1. The van der Waals surface area contributed by atoms with Gasteiger partial charge in [-0.15, -0.1) is 0 Å². The average Bonchev–Trinajstić information content (AvgIpc) is 2.99. The zero-order chi connectivity index (χ0) is 20.9. The molecule has 2 heterocycles. The van der Waals surface area contributed by atoms with Crippen molar-refractivity contribution in [1.82, 2.24) is 15.6 Å². The Kier molecular flexibility index (Phi) is 6.10. The standard InChI is InChI=1S/C25H27N3O2/c1-17-9-12-28-20(13-17)16-30-24-8-7-19(25(29)26-2)14-22(24)23-15-27-11-10-18-5-3-4-6-21(18)23/h3-9,12-14,23,27H,10-11,15-16H2,1-2H3,(H,26,29). The summed E-state index contributed by atoms with van der Waals surface area (Å²) in [6, 6.07) is 18.2. The van der Waals surface area contributed by atoms with Gasteiger partial charge in [-0.25, -0.2) is 0 Å². The van der Waals surface area contributed by atoms with Gasteiger partial charge in [-0.1, -0.05) is 24.3 Å². The fraction of sp³-hybridized carbons (Fsp3) is 0.280. The van der Waals surface area contributed by atoms with Crippen LogP contribution in [0.25, 0.3) is 0 Å². The van der Waals surface area contributed by atoms with Gasteiger partial charge < -0.3 is 15.4 Å².